The highest BCUT2D eigenvalue weighted by Crippen LogP contribution is 2.17. The van der Waals surface area contributed by atoms with Crippen LogP contribution >= 0.6 is 0 Å². The minimum Gasteiger partial charge on any atom is -0.325 e. The van der Waals surface area contributed by atoms with Crippen molar-refractivity contribution in [3.63, 3.8) is 0 Å². The van der Waals surface area contributed by atoms with Gasteiger partial charge in [0.05, 0.1) is 5.56 Å². The van der Waals surface area contributed by atoms with E-state index in [2.05, 4.69) is 0 Å². The number of benzene rings is 1. The third-order valence-corrected chi connectivity index (χ3v) is 4.87. The fourth-order valence-corrected chi connectivity index (χ4v) is 3.11. The van der Waals surface area contributed by atoms with Crippen molar-refractivity contribution in [3.05, 3.63) is 35.4 Å². The maximum atomic E-state index is 12.1. The summed E-state index contributed by atoms with van der Waals surface area (Å²) in [6.07, 6.45) is -0.179. The summed E-state index contributed by atoms with van der Waals surface area (Å²) < 4.78 is 31.5. The van der Waals surface area contributed by atoms with Crippen LogP contribution in [0.5, 0.6) is 0 Å². The van der Waals surface area contributed by atoms with E-state index in [1.54, 1.807) is 0 Å². The van der Waals surface area contributed by atoms with Gasteiger partial charge in [-0.3, -0.25) is 18.9 Å². The lowest BCUT2D eigenvalue weighted by Crippen LogP contribution is -2.32. The van der Waals surface area contributed by atoms with Crippen molar-refractivity contribution in [3.8, 4) is 0 Å². The Morgan fingerprint density at radius 3 is 2.04 bits per heavy atom. The molecule has 25 heavy (non-hydrogen) atoms. The topological polar surface area (TPSA) is 135 Å². The Balaban J connectivity index is 2.14. The molecule has 1 saturated heterocycles. The molecule has 0 aromatic heterocycles. The molecule has 1 aliphatic heterocycles. The molecule has 1 N–H and O–H groups in total. The molecular weight excluding hydrogens is 354 g/mol. The Labute approximate surface area is 143 Å². The summed E-state index contributed by atoms with van der Waals surface area (Å²) in [5.74, 6) is -3.02. The molecule has 1 aliphatic rings. The SMILES string of the molecule is CCC(C(=O)c1ccc(C(=O)ON2C(=O)CCC2=O)cc1)S(=O)(=O)O. The average Bonchev–Trinajstić information content (AvgIpc) is 2.86. The van der Waals surface area contributed by atoms with Crippen LogP contribution in [0.2, 0.25) is 0 Å². The number of hydroxylamine groups is 2. The van der Waals surface area contributed by atoms with Crippen molar-refractivity contribution in [1.82, 2.24) is 5.06 Å². The van der Waals surface area contributed by atoms with E-state index in [9.17, 15) is 27.6 Å². The predicted octanol–water partition coefficient (Wildman–Crippen LogP) is 0.757. The van der Waals surface area contributed by atoms with Crippen LogP contribution in [0.3, 0.4) is 0 Å². The van der Waals surface area contributed by atoms with Gasteiger partial charge < -0.3 is 4.84 Å². The molecule has 2 amide bonds. The number of Topliss-reactive ketones (excluding diaryl/α,β-unsaturated/α-hetero) is 1. The highest BCUT2D eigenvalue weighted by atomic mass is 32.2. The number of imide groups is 1. The molecule has 1 aromatic rings. The summed E-state index contributed by atoms with van der Waals surface area (Å²) in [7, 11) is -4.54. The number of amides is 2. The fourth-order valence-electron chi connectivity index (χ4n) is 2.28. The average molecular weight is 369 g/mol. The second-order valence-corrected chi connectivity index (χ2v) is 6.91. The minimum absolute atomic E-state index is 0.0191. The van der Waals surface area contributed by atoms with Crippen LogP contribution in [0.1, 0.15) is 46.9 Å². The molecule has 0 bridgehead atoms. The van der Waals surface area contributed by atoms with E-state index in [0.717, 1.165) is 0 Å². The van der Waals surface area contributed by atoms with Gasteiger partial charge >= 0.3 is 5.97 Å². The number of nitrogens with zero attached hydrogens (tertiary/aromatic N) is 1. The van der Waals surface area contributed by atoms with Gasteiger partial charge in [0, 0.05) is 18.4 Å². The third kappa shape index (κ3) is 4.09. The second-order valence-electron chi connectivity index (χ2n) is 5.31. The molecule has 1 atom stereocenters. The molecule has 0 saturated carbocycles. The zero-order valence-corrected chi connectivity index (χ0v) is 14.0. The normalized spacial score (nSPS) is 16.0. The molecule has 2 rings (SSSR count). The van der Waals surface area contributed by atoms with Gasteiger partial charge in [0.15, 0.2) is 5.78 Å². The third-order valence-electron chi connectivity index (χ3n) is 3.61. The molecule has 10 heteroatoms. The summed E-state index contributed by atoms with van der Waals surface area (Å²) in [5.41, 5.74) is -0.0571. The maximum Gasteiger partial charge on any atom is 0.363 e. The zero-order valence-electron chi connectivity index (χ0n) is 13.2. The first-order chi connectivity index (χ1) is 11.6. The smallest absolute Gasteiger partial charge is 0.325 e. The Bertz CT molecular complexity index is 812. The van der Waals surface area contributed by atoms with Gasteiger partial charge in [0.1, 0.15) is 5.25 Å². The Hall–Kier alpha value is -2.59. The number of rotatable bonds is 6. The summed E-state index contributed by atoms with van der Waals surface area (Å²) >= 11 is 0. The quantitative estimate of drug-likeness (QED) is 0.441. The lowest BCUT2D eigenvalue weighted by Gasteiger charge is -2.13. The molecule has 1 heterocycles. The van der Waals surface area contributed by atoms with E-state index < -0.39 is 38.9 Å². The molecule has 0 spiro atoms. The van der Waals surface area contributed by atoms with E-state index in [0.29, 0.717) is 5.06 Å². The van der Waals surface area contributed by atoms with E-state index in [1.807, 2.05) is 0 Å². The lowest BCUT2D eigenvalue weighted by molar-refractivity contribution is -0.172. The first kappa shape index (κ1) is 18.7. The molecule has 0 aliphatic carbocycles. The Kier molecular flexibility index (Phi) is 5.33. The second kappa shape index (κ2) is 7.11. The monoisotopic (exact) mass is 369 g/mol. The van der Waals surface area contributed by atoms with Crippen LogP contribution in [0.25, 0.3) is 0 Å². The van der Waals surface area contributed by atoms with Crippen LogP contribution in [0.4, 0.5) is 0 Å². The number of ketones is 1. The fraction of sp³-hybridized carbons (Fsp3) is 0.333. The largest absolute Gasteiger partial charge is 0.363 e. The van der Waals surface area contributed by atoms with Gasteiger partial charge in [0.2, 0.25) is 0 Å². The van der Waals surface area contributed by atoms with E-state index in [-0.39, 0.29) is 30.4 Å². The van der Waals surface area contributed by atoms with Crippen molar-refractivity contribution < 1.29 is 37.0 Å². The molecule has 0 radical (unpaired) electrons. The summed E-state index contributed by atoms with van der Waals surface area (Å²) in [4.78, 5) is 51.6. The van der Waals surface area contributed by atoms with E-state index in [1.165, 1.54) is 31.2 Å². The van der Waals surface area contributed by atoms with Gasteiger partial charge in [-0.25, -0.2) is 4.79 Å². The molecule has 1 fully saturated rings. The van der Waals surface area contributed by atoms with Crippen LogP contribution in [0.15, 0.2) is 24.3 Å². The summed E-state index contributed by atoms with van der Waals surface area (Å²) in [6, 6.07) is 4.77. The zero-order chi connectivity index (χ0) is 18.8. The molecule has 9 nitrogen and oxygen atoms in total. The maximum absolute atomic E-state index is 12.1. The number of carbonyl (C=O) groups is 4. The van der Waals surface area contributed by atoms with Gasteiger partial charge in [-0.1, -0.05) is 19.1 Å². The highest BCUT2D eigenvalue weighted by Gasteiger charge is 2.33. The van der Waals surface area contributed by atoms with Crippen molar-refractivity contribution in [2.75, 3.05) is 0 Å². The molecular formula is C15H15NO8S. The van der Waals surface area contributed by atoms with Crippen molar-refractivity contribution in [2.24, 2.45) is 0 Å². The number of hydrogen-bond acceptors (Lipinski definition) is 7. The Morgan fingerprint density at radius 1 is 1.12 bits per heavy atom. The number of hydrogen-bond donors (Lipinski definition) is 1. The number of carbonyl (C=O) groups excluding carboxylic acids is 4. The predicted molar refractivity (Wildman–Crippen MR) is 82.9 cm³/mol. The summed E-state index contributed by atoms with van der Waals surface area (Å²) in [5, 5.41) is -1.20. The van der Waals surface area contributed by atoms with Crippen LogP contribution < -0.4 is 0 Å². The van der Waals surface area contributed by atoms with Crippen LogP contribution in [0, 0.1) is 0 Å². The molecule has 1 aromatic carbocycles. The van der Waals surface area contributed by atoms with Crippen molar-refractivity contribution in [1.29, 1.82) is 0 Å². The standard InChI is InChI=1S/C15H15NO8S/c1-2-11(25(21,22)23)14(19)9-3-5-10(6-4-9)15(20)24-16-12(17)7-8-13(16)18/h3-6,11H,2,7-8H2,1H3,(H,21,22,23). The van der Waals surface area contributed by atoms with Crippen molar-refractivity contribution in [2.45, 2.75) is 31.4 Å². The minimum atomic E-state index is -4.54. The van der Waals surface area contributed by atoms with Crippen LogP contribution in [-0.2, 0) is 24.5 Å². The van der Waals surface area contributed by atoms with Gasteiger partial charge in [0.25, 0.3) is 21.9 Å². The molecule has 1 unspecified atom stereocenters. The van der Waals surface area contributed by atoms with E-state index in [4.69, 9.17) is 9.39 Å². The van der Waals surface area contributed by atoms with Gasteiger partial charge in [-0.15, -0.1) is 5.06 Å². The lowest BCUT2D eigenvalue weighted by atomic mass is 10.0. The first-order valence-electron chi connectivity index (χ1n) is 7.33. The van der Waals surface area contributed by atoms with Crippen LogP contribution in [-0.4, -0.2) is 46.9 Å². The van der Waals surface area contributed by atoms with E-state index >= 15 is 0 Å². The van der Waals surface area contributed by atoms with Crippen molar-refractivity contribution >= 4 is 33.7 Å². The van der Waals surface area contributed by atoms with Gasteiger partial charge in [-0.2, -0.15) is 8.42 Å². The van der Waals surface area contributed by atoms with Gasteiger partial charge in [-0.05, 0) is 18.6 Å². The highest BCUT2D eigenvalue weighted by molar-refractivity contribution is 7.87. The molecule has 134 valence electrons. The Morgan fingerprint density at radius 2 is 1.60 bits per heavy atom. The summed E-state index contributed by atoms with van der Waals surface area (Å²) in [6.45, 7) is 1.44. The first-order valence-corrected chi connectivity index (χ1v) is 8.84.